The number of hydrogen-bond acceptors (Lipinski definition) is 7. The Kier molecular flexibility index (Phi) is 4.68. The second-order valence-corrected chi connectivity index (χ2v) is 5.60. The van der Waals surface area contributed by atoms with Gasteiger partial charge in [-0.2, -0.15) is 4.98 Å². The average Bonchev–Trinajstić information content (AvgIpc) is 2.75. The molecule has 1 aliphatic rings. The molecule has 8 heteroatoms. The van der Waals surface area contributed by atoms with Crippen molar-refractivity contribution in [3.8, 4) is 11.5 Å². The number of ether oxygens (including phenoxy) is 2. The van der Waals surface area contributed by atoms with Crippen molar-refractivity contribution in [3.63, 3.8) is 0 Å². The summed E-state index contributed by atoms with van der Waals surface area (Å²) in [5, 5.41) is 3.82. The van der Waals surface area contributed by atoms with E-state index in [-0.39, 0.29) is 5.95 Å². The molecular formula is C15H18ClN5O2. The smallest absolute Gasteiger partial charge is 0.221 e. The number of nitrogens with one attached hydrogen (secondary N) is 1. The number of anilines is 2. The van der Waals surface area contributed by atoms with Gasteiger partial charge in [-0.15, -0.1) is 0 Å². The van der Waals surface area contributed by atoms with Crippen molar-refractivity contribution in [1.29, 1.82) is 0 Å². The molecule has 0 bridgehead atoms. The lowest BCUT2D eigenvalue weighted by Crippen LogP contribution is -2.15. The Morgan fingerprint density at radius 3 is 2.83 bits per heavy atom. The Labute approximate surface area is 139 Å². The van der Waals surface area contributed by atoms with Crippen molar-refractivity contribution in [3.05, 3.63) is 34.5 Å². The predicted molar refractivity (Wildman–Crippen MR) is 88.5 cm³/mol. The highest BCUT2D eigenvalue weighted by Gasteiger charge is 2.15. The summed E-state index contributed by atoms with van der Waals surface area (Å²) >= 11 is 6.27. The van der Waals surface area contributed by atoms with Gasteiger partial charge in [0.15, 0.2) is 11.5 Å². The number of halogens is 1. The van der Waals surface area contributed by atoms with Crippen LogP contribution in [0.4, 0.5) is 11.8 Å². The van der Waals surface area contributed by atoms with Crippen molar-refractivity contribution >= 4 is 23.4 Å². The fourth-order valence-electron chi connectivity index (χ4n) is 2.30. The molecule has 0 aliphatic carbocycles. The van der Waals surface area contributed by atoms with Crippen LogP contribution in [0.5, 0.6) is 11.5 Å². The Hall–Kier alpha value is -2.25. The standard InChI is InChI=1S/C15H18ClN5O2/c16-11-4-9(5-12-13(11)23-3-1-2-22-12)6-19-7-10-8-20-15(18)21-14(10)17/h4-5,8,19H,1-3,6-7H2,(H4,17,18,20,21). The van der Waals surface area contributed by atoms with Gasteiger partial charge in [0.2, 0.25) is 5.95 Å². The first-order valence-corrected chi connectivity index (χ1v) is 7.67. The monoisotopic (exact) mass is 335 g/mol. The molecule has 0 amide bonds. The third-order valence-electron chi connectivity index (χ3n) is 3.42. The van der Waals surface area contributed by atoms with Gasteiger partial charge < -0.3 is 26.3 Å². The number of nitrogens with zero attached hydrogens (tertiary/aromatic N) is 2. The van der Waals surface area contributed by atoms with Gasteiger partial charge in [0.05, 0.1) is 18.2 Å². The lowest BCUT2D eigenvalue weighted by molar-refractivity contribution is 0.297. The van der Waals surface area contributed by atoms with Crippen LogP contribution in [0.3, 0.4) is 0 Å². The summed E-state index contributed by atoms with van der Waals surface area (Å²) in [6.07, 6.45) is 2.46. The van der Waals surface area contributed by atoms with E-state index in [1.54, 1.807) is 6.20 Å². The van der Waals surface area contributed by atoms with Gasteiger partial charge in [0, 0.05) is 31.3 Å². The number of nitrogen functional groups attached to an aromatic ring is 2. The average molecular weight is 336 g/mol. The van der Waals surface area contributed by atoms with Crippen LogP contribution in [-0.4, -0.2) is 23.2 Å². The number of hydrogen-bond donors (Lipinski definition) is 3. The zero-order valence-electron chi connectivity index (χ0n) is 12.5. The Morgan fingerprint density at radius 2 is 2.00 bits per heavy atom. The van der Waals surface area contributed by atoms with Crippen molar-refractivity contribution in [2.75, 3.05) is 24.7 Å². The zero-order chi connectivity index (χ0) is 16.2. The molecule has 23 heavy (non-hydrogen) atoms. The topological polar surface area (TPSA) is 108 Å². The third-order valence-corrected chi connectivity index (χ3v) is 3.70. The molecule has 0 radical (unpaired) electrons. The van der Waals surface area contributed by atoms with Crippen LogP contribution in [0, 0.1) is 0 Å². The maximum absolute atomic E-state index is 6.27. The summed E-state index contributed by atoms with van der Waals surface area (Å²) in [4.78, 5) is 7.87. The van der Waals surface area contributed by atoms with E-state index < -0.39 is 0 Å². The highest BCUT2D eigenvalue weighted by atomic mass is 35.5. The number of aromatic nitrogens is 2. The van der Waals surface area contributed by atoms with Gasteiger partial charge in [-0.1, -0.05) is 11.6 Å². The lowest BCUT2D eigenvalue weighted by atomic mass is 10.2. The van der Waals surface area contributed by atoms with E-state index in [0.29, 0.717) is 48.6 Å². The fourth-order valence-corrected chi connectivity index (χ4v) is 2.59. The van der Waals surface area contributed by atoms with Crippen LogP contribution in [0.1, 0.15) is 17.5 Å². The molecule has 3 rings (SSSR count). The maximum atomic E-state index is 6.27. The normalized spacial score (nSPS) is 13.6. The minimum Gasteiger partial charge on any atom is -0.489 e. The van der Waals surface area contributed by atoms with E-state index in [9.17, 15) is 0 Å². The summed E-state index contributed by atoms with van der Waals surface area (Å²) in [5.41, 5.74) is 13.1. The van der Waals surface area contributed by atoms with E-state index in [1.807, 2.05) is 12.1 Å². The quantitative estimate of drug-likeness (QED) is 0.781. The lowest BCUT2D eigenvalue weighted by Gasteiger charge is -2.12. The van der Waals surface area contributed by atoms with Crippen molar-refractivity contribution in [1.82, 2.24) is 15.3 Å². The van der Waals surface area contributed by atoms with Crippen LogP contribution in [0.15, 0.2) is 18.3 Å². The molecule has 2 aromatic rings. The Morgan fingerprint density at radius 1 is 1.17 bits per heavy atom. The molecule has 0 saturated heterocycles. The maximum Gasteiger partial charge on any atom is 0.221 e. The number of rotatable bonds is 4. The molecule has 0 fully saturated rings. The molecule has 7 nitrogen and oxygen atoms in total. The second-order valence-electron chi connectivity index (χ2n) is 5.20. The van der Waals surface area contributed by atoms with E-state index >= 15 is 0 Å². The molecule has 0 atom stereocenters. The van der Waals surface area contributed by atoms with Gasteiger partial charge in [-0.3, -0.25) is 0 Å². The molecule has 1 aliphatic heterocycles. The molecule has 1 aromatic carbocycles. The van der Waals surface area contributed by atoms with E-state index in [4.69, 9.17) is 32.5 Å². The number of nitrogens with two attached hydrogens (primary N) is 2. The summed E-state index contributed by atoms with van der Waals surface area (Å²) in [7, 11) is 0. The number of fused-ring (bicyclic) bond motifs is 1. The highest BCUT2D eigenvalue weighted by molar-refractivity contribution is 6.32. The first kappa shape index (κ1) is 15.6. The van der Waals surface area contributed by atoms with Crippen LogP contribution in [-0.2, 0) is 13.1 Å². The first-order valence-electron chi connectivity index (χ1n) is 7.29. The zero-order valence-corrected chi connectivity index (χ0v) is 13.3. The molecule has 5 N–H and O–H groups in total. The Bertz CT molecular complexity index is 711. The molecule has 1 aromatic heterocycles. The molecular weight excluding hydrogens is 318 g/mol. The van der Waals surface area contributed by atoms with Crippen molar-refractivity contribution in [2.24, 2.45) is 0 Å². The molecule has 122 valence electrons. The van der Waals surface area contributed by atoms with Crippen LogP contribution >= 0.6 is 11.6 Å². The summed E-state index contributed by atoms with van der Waals surface area (Å²) in [5.74, 6) is 1.84. The SMILES string of the molecule is Nc1ncc(CNCc2cc(Cl)c3c(c2)OCCCO3)c(N)n1. The predicted octanol–water partition coefficient (Wildman–Crippen LogP) is 1.75. The fraction of sp³-hybridized carbons (Fsp3) is 0.333. The molecule has 2 heterocycles. The van der Waals surface area contributed by atoms with Crippen molar-refractivity contribution in [2.45, 2.75) is 19.5 Å². The molecule has 0 saturated carbocycles. The van der Waals surface area contributed by atoms with E-state index in [2.05, 4.69) is 15.3 Å². The van der Waals surface area contributed by atoms with Gasteiger partial charge in [0.1, 0.15) is 5.82 Å². The largest absolute Gasteiger partial charge is 0.489 e. The van der Waals surface area contributed by atoms with E-state index in [1.165, 1.54) is 0 Å². The van der Waals surface area contributed by atoms with E-state index in [0.717, 1.165) is 17.5 Å². The molecule has 0 unspecified atom stereocenters. The summed E-state index contributed by atoms with van der Waals surface area (Å²) < 4.78 is 11.3. The first-order chi connectivity index (χ1) is 11.1. The highest BCUT2D eigenvalue weighted by Crippen LogP contribution is 2.37. The van der Waals surface area contributed by atoms with Gasteiger partial charge in [-0.25, -0.2) is 4.98 Å². The van der Waals surface area contributed by atoms with Crippen molar-refractivity contribution < 1.29 is 9.47 Å². The summed E-state index contributed by atoms with van der Waals surface area (Å²) in [6, 6.07) is 3.80. The number of benzene rings is 1. The molecule has 0 spiro atoms. The Balaban J connectivity index is 1.66. The van der Waals surface area contributed by atoms with Crippen LogP contribution < -0.4 is 26.3 Å². The third kappa shape index (κ3) is 3.75. The van der Waals surface area contributed by atoms with Crippen LogP contribution in [0.25, 0.3) is 0 Å². The minimum absolute atomic E-state index is 0.168. The van der Waals surface area contributed by atoms with Crippen LogP contribution in [0.2, 0.25) is 5.02 Å². The summed E-state index contributed by atoms with van der Waals surface area (Å²) in [6.45, 7) is 2.36. The van der Waals surface area contributed by atoms with Gasteiger partial charge >= 0.3 is 0 Å². The second kappa shape index (κ2) is 6.89. The minimum atomic E-state index is 0.168. The van der Waals surface area contributed by atoms with Gasteiger partial charge in [0.25, 0.3) is 0 Å². The van der Waals surface area contributed by atoms with Gasteiger partial charge in [-0.05, 0) is 17.7 Å².